The van der Waals surface area contributed by atoms with Gasteiger partial charge in [-0.25, -0.2) is 4.79 Å². The number of carbonyl (C=O) groups is 2. The van der Waals surface area contributed by atoms with Crippen molar-refractivity contribution in [2.75, 3.05) is 6.61 Å². The summed E-state index contributed by atoms with van der Waals surface area (Å²) >= 11 is 0. The first-order valence-corrected chi connectivity index (χ1v) is 9.97. The Morgan fingerprint density at radius 3 is 2.50 bits per heavy atom. The van der Waals surface area contributed by atoms with Gasteiger partial charge in [0.1, 0.15) is 0 Å². The highest BCUT2D eigenvalue weighted by Crippen LogP contribution is 2.40. The molecule has 0 amide bonds. The number of allylic oxidation sites excluding steroid dienone is 1. The number of aromatic hydroxyl groups is 1. The molecule has 0 aliphatic rings. The van der Waals surface area contributed by atoms with Crippen LogP contribution in [0.15, 0.2) is 70.8 Å². The summed E-state index contributed by atoms with van der Waals surface area (Å²) in [6.07, 6.45) is 3.98. The first kappa shape index (κ1) is 21.1. The van der Waals surface area contributed by atoms with E-state index in [0.717, 1.165) is 16.7 Å². The molecule has 2 aromatic carbocycles. The Kier molecular flexibility index (Phi) is 5.66. The Morgan fingerprint density at radius 2 is 1.81 bits per heavy atom. The summed E-state index contributed by atoms with van der Waals surface area (Å²) in [4.78, 5) is 28.1. The molecular weight excluding hydrogens is 410 g/mol. The van der Waals surface area contributed by atoms with Crippen LogP contribution in [0, 0.1) is 0 Å². The summed E-state index contributed by atoms with van der Waals surface area (Å²) in [6, 6.07) is 13.9. The predicted molar refractivity (Wildman–Crippen MR) is 119 cm³/mol. The number of benzene rings is 2. The molecule has 0 atom stereocenters. The molecule has 0 bridgehead atoms. The number of ketones is 1. The van der Waals surface area contributed by atoms with Gasteiger partial charge in [-0.05, 0) is 24.5 Å². The fourth-order valence-electron chi connectivity index (χ4n) is 3.65. The SMILES string of the molecule is CC(=CCc1cccc2c(C(=O)c3oc(C(=O)O)c(-c4ccccc4)c3O)c[nH]c12)CO. The van der Waals surface area contributed by atoms with Gasteiger partial charge in [0.2, 0.25) is 17.3 Å². The minimum absolute atomic E-state index is 0.0299. The first-order chi connectivity index (χ1) is 15.4. The zero-order valence-electron chi connectivity index (χ0n) is 17.3. The third-order valence-corrected chi connectivity index (χ3v) is 5.31. The van der Waals surface area contributed by atoms with E-state index in [4.69, 9.17) is 4.42 Å². The number of aromatic amines is 1. The van der Waals surface area contributed by atoms with E-state index in [1.807, 2.05) is 25.1 Å². The number of aliphatic hydroxyl groups excluding tert-OH is 1. The lowest BCUT2D eigenvalue weighted by atomic mass is 10.0. The van der Waals surface area contributed by atoms with Crippen molar-refractivity contribution in [1.29, 1.82) is 0 Å². The summed E-state index contributed by atoms with van der Waals surface area (Å²) in [6.45, 7) is 1.80. The van der Waals surface area contributed by atoms with E-state index in [1.54, 1.807) is 36.4 Å². The van der Waals surface area contributed by atoms with Gasteiger partial charge in [-0.1, -0.05) is 60.2 Å². The van der Waals surface area contributed by atoms with Crippen molar-refractivity contribution in [3.05, 3.63) is 89.0 Å². The van der Waals surface area contributed by atoms with Gasteiger partial charge in [0.25, 0.3) is 0 Å². The zero-order valence-corrected chi connectivity index (χ0v) is 17.3. The van der Waals surface area contributed by atoms with E-state index in [2.05, 4.69) is 4.98 Å². The number of aliphatic hydroxyl groups is 1. The molecule has 0 aliphatic carbocycles. The molecule has 0 unspecified atom stereocenters. The van der Waals surface area contributed by atoms with Crippen molar-refractivity contribution in [3.8, 4) is 16.9 Å². The standard InChI is InChI=1S/C25H21NO6/c1-14(13-27)10-11-16-8-5-9-17-18(12-26-20(16)17)21(28)24-22(29)19(23(32-24)25(30)31)15-6-3-2-4-7-15/h2-10,12,26-27,29H,11,13H2,1H3,(H,30,31). The van der Waals surface area contributed by atoms with Crippen LogP contribution in [-0.2, 0) is 6.42 Å². The molecule has 2 aromatic heterocycles. The third-order valence-electron chi connectivity index (χ3n) is 5.31. The fraction of sp³-hybridized carbons (Fsp3) is 0.120. The van der Waals surface area contributed by atoms with Crippen LogP contribution >= 0.6 is 0 Å². The van der Waals surface area contributed by atoms with Crippen molar-refractivity contribution < 1.29 is 29.3 Å². The highest BCUT2D eigenvalue weighted by atomic mass is 16.4. The number of para-hydroxylation sites is 1. The molecule has 4 N–H and O–H groups in total. The Bertz CT molecular complexity index is 1340. The minimum atomic E-state index is -1.38. The highest BCUT2D eigenvalue weighted by molar-refractivity contribution is 6.18. The van der Waals surface area contributed by atoms with Crippen molar-refractivity contribution in [2.45, 2.75) is 13.3 Å². The van der Waals surface area contributed by atoms with Gasteiger partial charge in [0, 0.05) is 17.1 Å². The van der Waals surface area contributed by atoms with Crippen LogP contribution in [0.3, 0.4) is 0 Å². The van der Waals surface area contributed by atoms with Crippen LogP contribution in [0.25, 0.3) is 22.0 Å². The lowest BCUT2D eigenvalue weighted by Crippen LogP contribution is -1.99. The smallest absolute Gasteiger partial charge is 0.372 e. The van der Waals surface area contributed by atoms with Gasteiger partial charge >= 0.3 is 5.97 Å². The molecule has 162 valence electrons. The lowest BCUT2D eigenvalue weighted by molar-refractivity contribution is 0.0661. The van der Waals surface area contributed by atoms with E-state index >= 15 is 0 Å². The molecule has 7 heteroatoms. The molecule has 7 nitrogen and oxygen atoms in total. The van der Waals surface area contributed by atoms with E-state index < -0.39 is 29.0 Å². The molecule has 0 saturated carbocycles. The summed E-state index contributed by atoms with van der Waals surface area (Å²) in [5.41, 5.74) is 3.15. The molecule has 0 radical (unpaired) electrons. The maximum Gasteiger partial charge on any atom is 0.372 e. The second-order valence-electron chi connectivity index (χ2n) is 7.44. The molecular formula is C25H21NO6. The number of furan rings is 1. The monoisotopic (exact) mass is 431 g/mol. The molecule has 0 spiro atoms. The molecule has 0 saturated heterocycles. The Labute approximate surface area is 183 Å². The maximum atomic E-state index is 13.3. The summed E-state index contributed by atoms with van der Waals surface area (Å²) < 4.78 is 5.37. The molecule has 4 aromatic rings. The number of carbonyl (C=O) groups excluding carboxylic acids is 1. The van der Waals surface area contributed by atoms with E-state index in [-0.39, 0.29) is 17.7 Å². The third kappa shape index (κ3) is 3.70. The number of aromatic nitrogens is 1. The van der Waals surface area contributed by atoms with Crippen molar-refractivity contribution >= 4 is 22.7 Å². The Balaban J connectivity index is 1.80. The van der Waals surface area contributed by atoms with E-state index in [0.29, 0.717) is 17.4 Å². The van der Waals surface area contributed by atoms with Gasteiger partial charge in [0.05, 0.1) is 17.7 Å². The van der Waals surface area contributed by atoms with Crippen molar-refractivity contribution in [1.82, 2.24) is 4.98 Å². The van der Waals surface area contributed by atoms with Gasteiger partial charge in [-0.3, -0.25) is 4.79 Å². The second kappa shape index (κ2) is 8.56. The fourth-order valence-corrected chi connectivity index (χ4v) is 3.65. The zero-order chi connectivity index (χ0) is 22.8. The largest absolute Gasteiger partial charge is 0.504 e. The average molecular weight is 431 g/mol. The molecule has 0 aliphatic heterocycles. The summed E-state index contributed by atoms with van der Waals surface area (Å²) in [5, 5.41) is 30.2. The first-order valence-electron chi connectivity index (χ1n) is 9.97. The quantitative estimate of drug-likeness (QED) is 0.252. The number of hydrogen-bond acceptors (Lipinski definition) is 5. The second-order valence-corrected chi connectivity index (χ2v) is 7.44. The number of fused-ring (bicyclic) bond motifs is 1. The average Bonchev–Trinajstić information content (AvgIpc) is 3.39. The topological polar surface area (TPSA) is 124 Å². The molecule has 0 fully saturated rings. The normalized spacial score (nSPS) is 11.8. The number of rotatable bonds is 7. The van der Waals surface area contributed by atoms with Gasteiger partial charge < -0.3 is 24.7 Å². The Morgan fingerprint density at radius 1 is 1.06 bits per heavy atom. The Hall–Kier alpha value is -4.10. The number of carboxylic acid groups (broad SMARTS) is 1. The van der Waals surface area contributed by atoms with Crippen LogP contribution in [-0.4, -0.2) is 38.7 Å². The van der Waals surface area contributed by atoms with Crippen LogP contribution in [0.1, 0.15) is 39.2 Å². The number of hydrogen-bond donors (Lipinski definition) is 4. The van der Waals surface area contributed by atoms with Gasteiger partial charge in [-0.15, -0.1) is 0 Å². The van der Waals surface area contributed by atoms with Crippen molar-refractivity contribution in [3.63, 3.8) is 0 Å². The van der Waals surface area contributed by atoms with E-state index in [9.17, 15) is 24.9 Å². The minimum Gasteiger partial charge on any atom is -0.504 e. The summed E-state index contributed by atoms with van der Waals surface area (Å²) in [7, 11) is 0. The van der Waals surface area contributed by atoms with Gasteiger partial charge in [0.15, 0.2) is 5.75 Å². The van der Waals surface area contributed by atoms with Crippen LogP contribution in [0.4, 0.5) is 0 Å². The summed E-state index contributed by atoms with van der Waals surface area (Å²) in [5.74, 6) is -3.44. The number of aromatic carboxylic acids is 1. The molecule has 32 heavy (non-hydrogen) atoms. The number of carboxylic acids is 1. The lowest BCUT2D eigenvalue weighted by Gasteiger charge is -2.02. The van der Waals surface area contributed by atoms with Crippen LogP contribution in [0.2, 0.25) is 0 Å². The molecule has 2 heterocycles. The number of nitrogens with one attached hydrogen (secondary N) is 1. The number of H-pyrrole nitrogens is 1. The van der Waals surface area contributed by atoms with Gasteiger partial charge in [-0.2, -0.15) is 0 Å². The van der Waals surface area contributed by atoms with Crippen molar-refractivity contribution in [2.24, 2.45) is 0 Å². The van der Waals surface area contributed by atoms with Crippen LogP contribution in [0.5, 0.6) is 5.75 Å². The van der Waals surface area contributed by atoms with E-state index in [1.165, 1.54) is 6.20 Å². The maximum absolute atomic E-state index is 13.3. The molecule has 4 rings (SSSR count). The van der Waals surface area contributed by atoms with Crippen LogP contribution < -0.4 is 0 Å². The highest BCUT2D eigenvalue weighted by Gasteiger charge is 2.31. The predicted octanol–water partition coefficient (Wildman–Crippen LogP) is 4.54.